The summed E-state index contributed by atoms with van der Waals surface area (Å²) >= 11 is 0. The van der Waals surface area contributed by atoms with Crippen LogP contribution in [0, 0.1) is 0 Å². The Balaban J connectivity index is 0.00000289. The fourth-order valence-electron chi connectivity index (χ4n) is 5.54. The molecule has 0 saturated carbocycles. The van der Waals surface area contributed by atoms with E-state index in [1.807, 2.05) is 0 Å². The maximum absolute atomic E-state index is 13.9. The van der Waals surface area contributed by atoms with Crippen molar-refractivity contribution < 1.29 is 47.2 Å². The first-order valence-corrected chi connectivity index (χ1v) is 13.2. The number of nitrogens with zero attached hydrogens (tertiary/aromatic N) is 5. The first kappa shape index (κ1) is 26.4. The number of urea groups is 1. The molecule has 1 aliphatic heterocycles. The van der Waals surface area contributed by atoms with Gasteiger partial charge in [0.2, 0.25) is 0 Å². The second-order valence-corrected chi connectivity index (χ2v) is 11.1. The van der Waals surface area contributed by atoms with Gasteiger partial charge in [-0.25, -0.2) is 12.8 Å². The predicted octanol–water partition coefficient (Wildman–Crippen LogP) is 0.101. The van der Waals surface area contributed by atoms with E-state index in [-0.39, 0.29) is 60.8 Å². The van der Waals surface area contributed by atoms with Crippen molar-refractivity contribution in [3.63, 3.8) is 0 Å². The summed E-state index contributed by atoms with van der Waals surface area (Å²) in [5.74, 6) is 0. The molecule has 0 unspecified atom stereocenters. The number of likely N-dealkylation sites (N-methyl/N-ethyl adjacent to an activating group) is 1. The zero-order valence-electron chi connectivity index (χ0n) is 20.5. The molecule has 2 aliphatic carbocycles. The van der Waals surface area contributed by atoms with Crippen molar-refractivity contribution in [1.82, 2.24) is 14.7 Å². The Hall–Kier alpha value is -1.66. The second-order valence-electron chi connectivity index (χ2n) is 9.56. The fraction of sp³-hybridized carbons (Fsp3) is 0.565. The molecule has 35 heavy (non-hydrogen) atoms. The van der Waals surface area contributed by atoms with Crippen LogP contribution in [0.25, 0.3) is 4.72 Å². The minimum atomic E-state index is -4.39. The molecular formula is C23H30FN6NaO3S. The van der Waals surface area contributed by atoms with E-state index in [2.05, 4.69) is 21.2 Å². The Morgan fingerprint density at radius 2 is 1.86 bits per heavy atom. The number of nitrogens with one attached hydrogen (secondary N) is 1. The number of halogens is 1. The molecule has 1 saturated heterocycles. The third-order valence-electron chi connectivity index (χ3n) is 7.17. The number of hydrogen-bond acceptors (Lipinski definition) is 5. The molecule has 0 bridgehead atoms. The number of hydrogen-bond donors (Lipinski definition) is 1. The van der Waals surface area contributed by atoms with E-state index in [4.69, 9.17) is 0 Å². The van der Waals surface area contributed by atoms with E-state index in [1.54, 1.807) is 25.2 Å². The SMILES string of the molecule is CN1C[C@H](F)C[C@@H]1CN(c1cnn(C)c1)S(=O)(=O)[N-]C(=O)Nc1c2c(cc3c1CCC3)CCC2.[Na+]. The summed E-state index contributed by atoms with van der Waals surface area (Å²) in [4.78, 5) is 14.7. The van der Waals surface area contributed by atoms with Gasteiger partial charge in [-0.05, 0) is 79.9 Å². The van der Waals surface area contributed by atoms with Crippen LogP contribution >= 0.6 is 0 Å². The van der Waals surface area contributed by atoms with Crippen LogP contribution in [0.15, 0.2) is 18.5 Å². The molecule has 2 amide bonds. The molecule has 2 atom stereocenters. The molecule has 0 radical (unpaired) electrons. The van der Waals surface area contributed by atoms with Crippen molar-refractivity contribution in [3.8, 4) is 0 Å². The Bertz CT molecular complexity index is 1190. The molecule has 1 aromatic carbocycles. The summed E-state index contributed by atoms with van der Waals surface area (Å²) in [5.41, 5.74) is 5.72. The van der Waals surface area contributed by atoms with Crippen LogP contribution in [-0.2, 0) is 42.9 Å². The zero-order valence-corrected chi connectivity index (χ0v) is 23.3. The molecule has 0 spiro atoms. The van der Waals surface area contributed by atoms with Crippen LogP contribution in [0.2, 0.25) is 0 Å². The molecule has 2 aromatic rings. The molecule has 184 valence electrons. The standard InChI is InChI=1S/C23H31FN6O3S.Na/c1-28-12-17(24)10-18(28)14-30(19-11-25-29(2)13-19)34(32,33)27-23(31)26-22-20-7-3-5-15(20)9-16-6-4-8-21(16)22;/h9,11,13,17-18H,3-8,10,12,14H2,1-2H3,(H2,26,27,31);/q;+1/p-1/t17-,18-;/m1./s1. The van der Waals surface area contributed by atoms with Gasteiger partial charge in [0, 0.05) is 32.4 Å². The Labute approximate surface area is 227 Å². The quantitative estimate of drug-likeness (QED) is 0.554. The Morgan fingerprint density at radius 3 is 2.40 bits per heavy atom. The van der Waals surface area contributed by atoms with E-state index < -0.39 is 22.4 Å². The average Bonchev–Trinajstić information content (AvgIpc) is 3.53. The van der Waals surface area contributed by atoms with Crippen LogP contribution in [0.5, 0.6) is 0 Å². The van der Waals surface area contributed by atoms with Crippen LogP contribution in [0.1, 0.15) is 41.5 Å². The van der Waals surface area contributed by atoms with Crippen LogP contribution < -0.4 is 39.2 Å². The van der Waals surface area contributed by atoms with Crippen LogP contribution in [0.4, 0.5) is 20.6 Å². The number of alkyl halides is 1. The number of rotatable bonds is 6. The number of benzene rings is 1. The number of carbonyl (C=O) groups is 1. The van der Waals surface area contributed by atoms with Crippen molar-refractivity contribution >= 4 is 27.6 Å². The third-order valence-corrected chi connectivity index (χ3v) is 8.49. The van der Waals surface area contributed by atoms with Crippen LogP contribution in [-0.4, -0.2) is 61.5 Å². The maximum Gasteiger partial charge on any atom is 1.00 e. The first-order chi connectivity index (χ1) is 16.2. The first-order valence-electron chi connectivity index (χ1n) is 11.8. The summed E-state index contributed by atoms with van der Waals surface area (Å²) in [6, 6.07) is 1.00. The average molecular weight is 513 g/mol. The van der Waals surface area contributed by atoms with Crippen molar-refractivity contribution in [2.24, 2.45) is 7.05 Å². The molecule has 5 rings (SSSR count). The van der Waals surface area contributed by atoms with Crippen molar-refractivity contribution in [3.05, 3.63) is 45.4 Å². The molecular weight excluding hydrogens is 482 g/mol. The fourth-order valence-corrected chi connectivity index (χ4v) is 6.61. The third kappa shape index (κ3) is 5.39. The van der Waals surface area contributed by atoms with E-state index >= 15 is 0 Å². The summed E-state index contributed by atoms with van der Waals surface area (Å²) in [5, 5.41) is 6.88. The topological polar surface area (TPSA) is 102 Å². The van der Waals surface area contributed by atoms with Gasteiger partial charge in [0.15, 0.2) is 6.03 Å². The van der Waals surface area contributed by atoms with Gasteiger partial charge >= 0.3 is 29.6 Å². The van der Waals surface area contributed by atoms with Gasteiger partial charge in [-0.15, -0.1) is 0 Å². The summed E-state index contributed by atoms with van der Waals surface area (Å²) in [6.45, 7) is 0.227. The number of aryl methyl sites for hydroxylation is 3. The number of fused-ring (bicyclic) bond motifs is 2. The molecule has 1 aromatic heterocycles. The van der Waals surface area contributed by atoms with E-state index in [0.717, 1.165) is 59.6 Å². The van der Waals surface area contributed by atoms with Crippen molar-refractivity contribution in [2.45, 2.75) is 57.2 Å². The van der Waals surface area contributed by atoms with Gasteiger partial charge in [-0.2, -0.15) is 5.10 Å². The summed E-state index contributed by atoms with van der Waals surface area (Å²) in [6.07, 6.45) is 7.88. The minimum absolute atomic E-state index is 0. The number of aromatic nitrogens is 2. The molecule has 9 nitrogen and oxygen atoms in total. The summed E-state index contributed by atoms with van der Waals surface area (Å²) in [7, 11) is -0.957. The number of likely N-dealkylation sites (tertiary alicyclic amines) is 1. The summed E-state index contributed by atoms with van der Waals surface area (Å²) < 4.78 is 46.8. The van der Waals surface area contributed by atoms with Gasteiger partial charge < -0.3 is 10.0 Å². The molecule has 12 heteroatoms. The number of carbonyl (C=O) groups excluding carboxylic acids is 1. The molecule has 3 aliphatic rings. The molecule has 2 heterocycles. The largest absolute Gasteiger partial charge is 1.00 e. The van der Waals surface area contributed by atoms with E-state index in [9.17, 15) is 17.6 Å². The monoisotopic (exact) mass is 512 g/mol. The smallest absolute Gasteiger partial charge is 0.423 e. The minimum Gasteiger partial charge on any atom is -0.423 e. The van der Waals surface area contributed by atoms with Gasteiger partial charge in [-0.1, -0.05) is 6.07 Å². The van der Waals surface area contributed by atoms with Gasteiger partial charge in [0.05, 0.1) is 11.9 Å². The van der Waals surface area contributed by atoms with E-state index in [1.165, 1.54) is 22.0 Å². The second kappa shape index (κ2) is 10.4. The number of anilines is 2. The Morgan fingerprint density at radius 1 is 1.20 bits per heavy atom. The maximum atomic E-state index is 13.9. The predicted molar refractivity (Wildman–Crippen MR) is 128 cm³/mol. The zero-order chi connectivity index (χ0) is 24.0. The number of amides is 2. The van der Waals surface area contributed by atoms with Crippen LogP contribution in [0.3, 0.4) is 0 Å². The van der Waals surface area contributed by atoms with E-state index in [0.29, 0.717) is 0 Å². The molecule has 1 fully saturated rings. The van der Waals surface area contributed by atoms with Gasteiger partial charge in [-0.3, -0.25) is 18.7 Å². The van der Waals surface area contributed by atoms with Gasteiger partial charge in [0.25, 0.3) is 10.2 Å². The van der Waals surface area contributed by atoms with Crippen molar-refractivity contribution in [2.75, 3.05) is 29.8 Å². The van der Waals surface area contributed by atoms with Gasteiger partial charge in [0.1, 0.15) is 6.17 Å². The molecule has 1 N–H and O–H groups in total. The van der Waals surface area contributed by atoms with Crippen molar-refractivity contribution in [1.29, 1.82) is 0 Å². The Kier molecular flexibility index (Phi) is 7.82. The normalized spacial score (nSPS) is 21.3.